The van der Waals surface area contributed by atoms with Gasteiger partial charge in [-0.1, -0.05) is 13.8 Å². The largest absolute Gasteiger partial charge is 0.390 e. The molecular formula is C20H34O3. The maximum absolute atomic E-state index is 10.5. The highest BCUT2D eigenvalue weighted by atomic mass is 16.5. The molecule has 2 N–H and O–H groups in total. The van der Waals surface area contributed by atoms with Crippen LogP contribution in [0.2, 0.25) is 0 Å². The van der Waals surface area contributed by atoms with Crippen LogP contribution in [0.1, 0.15) is 65.2 Å². The molecule has 9 atom stereocenters. The molecule has 0 bridgehead atoms. The molecule has 0 aromatic rings. The van der Waals surface area contributed by atoms with Crippen molar-refractivity contribution in [3.63, 3.8) is 0 Å². The van der Waals surface area contributed by atoms with Crippen molar-refractivity contribution in [3.8, 4) is 0 Å². The molecule has 4 rings (SSSR count). The SMILES string of the molecule is CO[C@H]1CC[C@@]2(C)C(CC[C@H]3[C@@H]4C[C@H](O)[C@H](O)[C@@]4(C)CC[C@@H]32)C1. The average Bonchev–Trinajstić information content (AvgIpc) is 2.78. The van der Waals surface area contributed by atoms with Crippen LogP contribution < -0.4 is 0 Å². The molecule has 1 unspecified atom stereocenters. The predicted octanol–water partition coefficient (Wildman–Crippen LogP) is 3.38. The van der Waals surface area contributed by atoms with E-state index in [0.717, 1.165) is 24.7 Å². The fourth-order valence-corrected chi connectivity index (χ4v) is 7.42. The van der Waals surface area contributed by atoms with Crippen LogP contribution >= 0.6 is 0 Å². The molecule has 132 valence electrons. The van der Waals surface area contributed by atoms with E-state index >= 15 is 0 Å². The zero-order valence-electron chi connectivity index (χ0n) is 15.0. The van der Waals surface area contributed by atoms with Crippen LogP contribution in [-0.4, -0.2) is 35.6 Å². The summed E-state index contributed by atoms with van der Waals surface area (Å²) in [5.41, 5.74) is 0.408. The first kappa shape index (κ1) is 16.4. The maximum Gasteiger partial charge on any atom is 0.0855 e. The minimum atomic E-state index is -0.511. The molecule has 3 heteroatoms. The molecule has 0 aliphatic heterocycles. The minimum Gasteiger partial charge on any atom is -0.390 e. The molecule has 4 saturated carbocycles. The van der Waals surface area contributed by atoms with Crippen LogP contribution in [0.4, 0.5) is 0 Å². The quantitative estimate of drug-likeness (QED) is 0.778. The van der Waals surface area contributed by atoms with Gasteiger partial charge in [0.1, 0.15) is 0 Å². The van der Waals surface area contributed by atoms with Gasteiger partial charge < -0.3 is 14.9 Å². The third-order valence-electron chi connectivity index (χ3n) is 8.92. The Kier molecular flexibility index (Phi) is 3.87. The molecule has 4 aliphatic rings. The third kappa shape index (κ3) is 2.19. The maximum atomic E-state index is 10.5. The van der Waals surface area contributed by atoms with Gasteiger partial charge in [0.05, 0.1) is 18.3 Å². The van der Waals surface area contributed by atoms with E-state index in [0.29, 0.717) is 23.4 Å². The highest BCUT2D eigenvalue weighted by Gasteiger charge is 2.62. The Morgan fingerprint density at radius 3 is 2.35 bits per heavy atom. The summed E-state index contributed by atoms with van der Waals surface area (Å²) in [5.74, 6) is 2.82. The number of methoxy groups -OCH3 is 1. The molecule has 23 heavy (non-hydrogen) atoms. The molecule has 0 spiro atoms. The van der Waals surface area contributed by atoms with Crippen molar-refractivity contribution in [1.82, 2.24) is 0 Å². The first-order valence-corrected chi connectivity index (χ1v) is 9.79. The molecule has 4 fully saturated rings. The summed E-state index contributed by atoms with van der Waals surface area (Å²) in [4.78, 5) is 0. The van der Waals surface area contributed by atoms with E-state index in [-0.39, 0.29) is 5.41 Å². The van der Waals surface area contributed by atoms with Gasteiger partial charge in [0, 0.05) is 7.11 Å². The van der Waals surface area contributed by atoms with Crippen molar-refractivity contribution in [2.45, 2.75) is 83.5 Å². The normalized spacial score (nSPS) is 59.1. The van der Waals surface area contributed by atoms with Gasteiger partial charge in [-0.15, -0.1) is 0 Å². The van der Waals surface area contributed by atoms with E-state index in [1.807, 2.05) is 7.11 Å². The molecule has 0 aromatic carbocycles. The molecule has 0 aromatic heterocycles. The zero-order chi connectivity index (χ0) is 16.4. The van der Waals surface area contributed by atoms with Crippen LogP contribution in [0, 0.1) is 34.5 Å². The summed E-state index contributed by atoms with van der Waals surface area (Å²) in [6.45, 7) is 4.79. The molecule has 0 radical (unpaired) electrons. The Morgan fingerprint density at radius 2 is 1.61 bits per heavy atom. The predicted molar refractivity (Wildman–Crippen MR) is 89.9 cm³/mol. The van der Waals surface area contributed by atoms with Crippen LogP contribution in [-0.2, 0) is 4.74 Å². The van der Waals surface area contributed by atoms with Crippen molar-refractivity contribution in [3.05, 3.63) is 0 Å². The standard InChI is InChI=1S/C20H34O3/c1-19-8-6-13(23-3)10-12(19)4-5-14-15(19)7-9-20(2)16(14)11-17(21)18(20)22/h12-18,21-22H,4-11H2,1-3H3/t12?,13-,14+,15-,16-,17-,18-,19-,20-/m0/s1. The monoisotopic (exact) mass is 322 g/mol. The number of aliphatic hydroxyl groups is 2. The Hall–Kier alpha value is -0.120. The Labute approximate surface area is 140 Å². The van der Waals surface area contributed by atoms with E-state index in [2.05, 4.69) is 13.8 Å². The van der Waals surface area contributed by atoms with Gasteiger partial charge in [-0.2, -0.15) is 0 Å². The lowest BCUT2D eigenvalue weighted by Crippen LogP contribution is -2.54. The van der Waals surface area contributed by atoms with Crippen molar-refractivity contribution in [2.75, 3.05) is 7.11 Å². The molecule has 3 nitrogen and oxygen atoms in total. The fraction of sp³-hybridized carbons (Fsp3) is 1.00. The van der Waals surface area contributed by atoms with Gasteiger partial charge in [0.25, 0.3) is 0 Å². The number of hydrogen-bond acceptors (Lipinski definition) is 3. The first-order valence-electron chi connectivity index (χ1n) is 9.79. The summed E-state index contributed by atoms with van der Waals surface area (Å²) in [6, 6.07) is 0. The van der Waals surface area contributed by atoms with E-state index < -0.39 is 12.2 Å². The van der Waals surface area contributed by atoms with Gasteiger partial charge in [0.2, 0.25) is 0 Å². The first-order chi connectivity index (χ1) is 10.9. The van der Waals surface area contributed by atoms with Crippen LogP contribution in [0.5, 0.6) is 0 Å². The highest BCUT2D eigenvalue weighted by molar-refractivity contribution is 5.11. The molecule has 0 heterocycles. The number of hydrogen-bond donors (Lipinski definition) is 2. The minimum absolute atomic E-state index is 0.0481. The molecule has 0 saturated heterocycles. The van der Waals surface area contributed by atoms with E-state index in [1.165, 1.54) is 38.5 Å². The number of rotatable bonds is 1. The summed E-state index contributed by atoms with van der Waals surface area (Å²) in [6.07, 6.45) is 8.96. The zero-order valence-corrected chi connectivity index (χ0v) is 15.0. The van der Waals surface area contributed by atoms with Gasteiger partial charge in [0.15, 0.2) is 0 Å². The lowest BCUT2D eigenvalue weighted by atomic mass is 9.45. The Bertz CT molecular complexity index is 466. The molecular weight excluding hydrogens is 288 g/mol. The molecule has 4 aliphatic carbocycles. The second-order valence-corrected chi connectivity index (χ2v) is 9.58. The fourth-order valence-electron chi connectivity index (χ4n) is 7.42. The highest BCUT2D eigenvalue weighted by Crippen LogP contribution is 2.66. The number of fused-ring (bicyclic) bond motifs is 5. The van der Waals surface area contributed by atoms with Crippen LogP contribution in [0.3, 0.4) is 0 Å². The topological polar surface area (TPSA) is 49.7 Å². The van der Waals surface area contributed by atoms with Crippen LogP contribution in [0.25, 0.3) is 0 Å². The van der Waals surface area contributed by atoms with Crippen molar-refractivity contribution in [1.29, 1.82) is 0 Å². The van der Waals surface area contributed by atoms with E-state index in [4.69, 9.17) is 4.74 Å². The summed E-state index contributed by atoms with van der Waals surface area (Å²) >= 11 is 0. The van der Waals surface area contributed by atoms with E-state index in [9.17, 15) is 10.2 Å². The Morgan fingerprint density at radius 1 is 0.870 bits per heavy atom. The lowest BCUT2D eigenvalue weighted by molar-refractivity contribution is -0.138. The van der Waals surface area contributed by atoms with Crippen LogP contribution in [0.15, 0.2) is 0 Å². The van der Waals surface area contributed by atoms with Crippen molar-refractivity contribution >= 4 is 0 Å². The van der Waals surface area contributed by atoms with Crippen molar-refractivity contribution < 1.29 is 14.9 Å². The molecule has 0 amide bonds. The van der Waals surface area contributed by atoms with Gasteiger partial charge in [-0.25, -0.2) is 0 Å². The van der Waals surface area contributed by atoms with Gasteiger partial charge in [-0.05, 0) is 85.9 Å². The van der Waals surface area contributed by atoms with Gasteiger partial charge >= 0.3 is 0 Å². The smallest absolute Gasteiger partial charge is 0.0855 e. The number of aliphatic hydroxyl groups excluding tert-OH is 2. The van der Waals surface area contributed by atoms with Gasteiger partial charge in [-0.3, -0.25) is 0 Å². The van der Waals surface area contributed by atoms with Crippen molar-refractivity contribution in [2.24, 2.45) is 34.5 Å². The Balaban J connectivity index is 1.60. The average molecular weight is 322 g/mol. The second-order valence-electron chi connectivity index (χ2n) is 9.58. The lowest BCUT2D eigenvalue weighted by Gasteiger charge is -2.60. The number of ether oxygens (including phenoxy) is 1. The summed E-state index contributed by atoms with van der Waals surface area (Å²) in [5, 5.41) is 20.8. The third-order valence-corrected chi connectivity index (χ3v) is 8.92. The van der Waals surface area contributed by atoms with E-state index in [1.54, 1.807) is 0 Å². The second kappa shape index (κ2) is 5.44. The summed E-state index contributed by atoms with van der Waals surface area (Å²) in [7, 11) is 1.87. The summed E-state index contributed by atoms with van der Waals surface area (Å²) < 4.78 is 5.67.